The van der Waals surface area contributed by atoms with Gasteiger partial charge in [0.15, 0.2) is 0 Å². The highest BCUT2D eigenvalue weighted by Gasteiger charge is 2.56. The molecule has 0 aliphatic carbocycles. The van der Waals surface area contributed by atoms with Crippen LogP contribution in [0.3, 0.4) is 0 Å². The first-order valence-corrected chi connectivity index (χ1v) is 15.6. The summed E-state index contributed by atoms with van der Waals surface area (Å²) in [6.45, 7) is 3.58. The first-order chi connectivity index (χ1) is 21.2. The van der Waals surface area contributed by atoms with Crippen molar-refractivity contribution in [2.24, 2.45) is 5.92 Å². The first kappa shape index (κ1) is 29.4. The second-order valence-electron chi connectivity index (χ2n) is 10.5. The normalized spacial score (nSPS) is 19.0. The molecule has 3 heterocycles. The van der Waals surface area contributed by atoms with E-state index in [0.29, 0.717) is 32.4 Å². The van der Waals surface area contributed by atoms with Crippen LogP contribution in [0.2, 0.25) is 0 Å². The minimum absolute atomic E-state index is 0.0337. The lowest BCUT2D eigenvalue weighted by atomic mass is 9.83. The number of fused-ring (bicyclic) bond motifs is 2. The molecule has 0 spiro atoms. The predicted molar refractivity (Wildman–Crippen MR) is 166 cm³/mol. The maximum Gasteiger partial charge on any atom is 0.338 e. The zero-order chi connectivity index (χ0) is 31.1. The number of ether oxygens (including phenoxy) is 1. The number of phenols is 1. The molecule has 2 aliphatic rings. The fraction of sp³-hybridized carbons (Fsp3) is 0.219. The van der Waals surface area contributed by atoms with Crippen molar-refractivity contribution < 1.29 is 29.0 Å². The van der Waals surface area contributed by atoms with E-state index in [9.17, 15) is 29.1 Å². The summed E-state index contributed by atoms with van der Waals surface area (Å²) in [5.74, 6) is -3.30. The monoisotopic (exact) mass is 629 g/mol. The number of aromatic nitrogens is 1. The molecular formula is C32H27N3O7S2. The molecule has 3 amide bonds. The Kier molecular flexibility index (Phi) is 7.87. The molecular weight excluding hydrogens is 603 g/mol. The fourth-order valence-electron chi connectivity index (χ4n) is 5.49. The lowest BCUT2D eigenvalue weighted by molar-refractivity contribution is -0.122. The lowest BCUT2D eigenvalue weighted by Crippen LogP contribution is -2.33. The Morgan fingerprint density at radius 1 is 0.932 bits per heavy atom. The molecule has 0 saturated carbocycles. The number of carbonyl (C=O) groups is 4. The molecule has 3 atom stereocenters. The van der Waals surface area contributed by atoms with Crippen LogP contribution < -0.4 is 15.1 Å². The van der Waals surface area contributed by atoms with Crippen LogP contribution in [0.15, 0.2) is 82.6 Å². The van der Waals surface area contributed by atoms with Gasteiger partial charge >= 0.3 is 10.8 Å². The van der Waals surface area contributed by atoms with Crippen molar-refractivity contribution in [3.8, 4) is 5.75 Å². The van der Waals surface area contributed by atoms with E-state index in [0.717, 1.165) is 33.6 Å². The minimum atomic E-state index is -0.876. The molecule has 0 unspecified atom stereocenters. The Bertz CT molecular complexity index is 1830. The number of hydrogen-bond donors (Lipinski definition) is 2. The topological polar surface area (TPSA) is 135 Å². The largest absolute Gasteiger partial charge is 0.508 e. The molecule has 3 aromatic carbocycles. The van der Waals surface area contributed by atoms with Crippen molar-refractivity contribution in [1.29, 1.82) is 0 Å². The van der Waals surface area contributed by atoms with Crippen LogP contribution in [0.4, 0.5) is 11.4 Å². The number of rotatable bonds is 7. The smallest absolute Gasteiger partial charge is 0.338 e. The summed E-state index contributed by atoms with van der Waals surface area (Å²) in [5, 5.41) is 12.3. The number of anilines is 2. The Hall–Kier alpha value is -4.68. The van der Waals surface area contributed by atoms with Gasteiger partial charge in [-0.05, 0) is 67.9 Å². The second-order valence-corrected chi connectivity index (χ2v) is 12.6. The number of thiazole rings is 1. The van der Waals surface area contributed by atoms with E-state index in [-0.39, 0.29) is 23.8 Å². The SMILES string of the molecule is CCOC(=O)c1ccc(N2C(=O)[C@@H]3[C@H](c4ccc(O)cc4)c4sc(=O)n(CC(=O)Nc5ccc(C)cc5)c4S[C@@H]3C2=O)cc1. The quantitative estimate of drug-likeness (QED) is 0.225. The average molecular weight is 630 g/mol. The molecule has 1 aromatic heterocycles. The van der Waals surface area contributed by atoms with E-state index in [1.165, 1.54) is 41.0 Å². The van der Waals surface area contributed by atoms with Gasteiger partial charge in [-0.15, -0.1) is 0 Å². The van der Waals surface area contributed by atoms with Crippen LogP contribution in [-0.2, 0) is 25.7 Å². The zero-order valence-electron chi connectivity index (χ0n) is 23.7. The van der Waals surface area contributed by atoms with Crippen molar-refractivity contribution in [2.45, 2.75) is 36.6 Å². The maximum absolute atomic E-state index is 14.0. The van der Waals surface area contributed by atoms with Gasteiger partial charge in [0, 0.05) is 16.5 Å². The summed E-state index contributed by atoms with van der Waals surface area (Å²) in [4.78, 5) is 67.7. The number of aromatic hydroxyl groups is 1. The number of amides is 3. The highest BCUT2D eigenvalue weighted by molar-refractivity contribution is 8.00. The Balaban J connectivity index is 1.36. The van der Waals surface area contributed by atoms with Crippen LogP contribution in [0.1, 0.15) is 39.2 Å². The molecule has 2 aliphatic heterocycles. The molecule has 0 radical (unpaired) electrons. The Morgan fingerprint density at radius 2 is 1.61 bits per heavy atom. The van der Waals surface area contributed by atoms with Gasteiger partial charge in [-0.2, -0.15) is 0 Å². The number of imide groups is 1. The molecule has 10 nitrogen and oxygen atoms in total. The molecule has 224 valence electrons. The predicted octanol–water partition coefficient (Wildman–Crippen LogP) is 4.54. The van der Waals surface area contributed by atoms with Gasteiger partial charge in [0.2, 0.25) is 17.7 Å². The van der Waals surface area contributed by atoms with Crippen molar-refractivity contribution in [3.05, 3.63) is 104 Å². The highest BCUT2D eigenvalue weighted by atomic mass is 32.2. The third-order valence-corrected chi connectivity index (χ3v) is 10.2. The van der Waals surface area contributed by atoms with Crippen molar-refractivity contribution in [2.75, 3.05) is 16.8 Å². The third kappa shape index (κ3) is 5.31. The van der Waals surface area contributed by atoms with E-state index in [4.69, 9.17) is 4.74 Å². The Morgan fingerprint density at radius 3 is 2.27 bits per heavy atom. The number of thioether (sulfide) groups is 1. The van der Waals surface area contributed by atoms with Crippen LogP contribution >= 0.6 is 23.1 Å². The molecule has 44 heavy (non-hydrogen) atoms. The number of nitrogens with one attached hydrogen (secondary N) is 1. The lowest BCUT2D eigenvalue weighted by Gasteiger charge is -2.30. The van der Waals surface area contributed by atoms with Crippen LogP contribution in [0.25, 0.3) is 0 Å². The molecule has 1 fully saturated rings. The summed E-state index contributed by atoms with van der Waals surface area (Å²) >= 11 is 2.05. The summed E-state index contributed by atoms with van der Waals surface area (Å²) in [5.41, 5.74) is 2.88. The van der Waals surface area contributed by atoms with Gasteiger partial charge in [0.25, 0.3) is 0 Å². The molecule has 1 saturated heterocycles. The zero-order valence-corrected chi connectivity index (χ0v) is 25.3. The summed E-state index contributed by atoms with van der Waals surface area (Å²) < 4.78 is 6.39. The molecule has 2 N–H and O–H groups in total. The standard InChI is InChI=1S/C32H27N3O7S2/c1-3-42-31(40)19-6-12-21(13-7-19)35-28(38)25-24(18-8-14-22(36)15-9-18)27-30(43-26(25)29(35)39)34(32(41)44-27)16-23(37)33-20-10-4-17(2)5-11-20/h4-15,24-26,36H,3,16H2,1-2H3,(H,33,37)/t24-,25+,26-/m0/s1. The first-order valence-electron chi connectivity index (χ1n) is 13.9. The molecule has 0 bridgehead atoms. The van der Waals surface area contributed by atoms with Crippen LogP contribution in [-0.4, -0.2) is 45.2 Å². The van der Waals surface area contributed by atoms with Gasteiger partial charge < -0.3 is 15.2 Å². The number of esters is 1. The van der Waals surface area contributed by atoms with Gasteiger partial charge in [0.1, 0.15) is 17.5 Å². The number of nitrogens with zero attached hydrogens (tertiary/aromatic N) is 2. The Labute approximate surface area is 260 Å². The average Bonchev–Trinajstić information content (AvgIpc) is 3.45. The molecule has 4 aromatic rings. The van der Waals surface area contributed by atoms with E-state index >= 15 is 0 Å². The second kappa shape index (κ2) is 11.8. The van der Waals surface area contributed by atoms with Gasteiger partial charge in [0.05, 0.1) is 28.8 Å². The highest BCUT2D eigenvalue weighted by Crippen LogP contribution is 2.54. The van der Waals surface area contributed by atoms with E-state index in [2.05, 4.69) is 5.32 Å². The number of aryl methyl sites for hydroxylation is 1. The van der Waals surface area contributed by atoms with E-state index < -0.39 is 40.8 Å². The molecule has 12 heteroatoms. The summed E-state index contributed by atoms with van der Waals surface area (Å²) in [6, 6.07) is 19.7. The van der Waals surface area contributed by atoms with Crippen molar-refractivity contribution >= 4 is 58.2 Å². The number of benzene rings is 3. The van der Waals surface area contributed by atoms with Gasteiger partial charge in [-0.3, -0.25) is 23.7 Å². The summed E-state index contributed by atoms with van der Waals surface area (Å²) in [7, 11) is 0. The maximum atomic E-state index is 14.0. The number of hydrogen-bond acceptors (Lipinski definition) is 9. The van der Waals surface area contributed by atoms with E-state index in [1.54, 1.807) is 31.2 Å². The third-order valence-electron chi connectivity index (χ3n) is 7.58. The van der Waals surface area contributed by atoms with E-state index in [1.807, 2.05) is 19.1 Å². The van der Waals surface area contributed by atoms with Crippen LogP contribution in [0.5, 0.6) is 5.75 Å². The molecule has 6 rings (SSSR count). The summed E-state index contributed by atoms with van der Waals surface area (Å²) in [6.07, 6.45) is 0. The van der Waals surface area contributed by atoms with Crippen molar-refractivity contribution in [3.63, 3.8) is 0 Å². The number of phenolic OH excluding ortho intramolecular Hbond substituents is 1. The van der Waals surface area contributed by atoms with Crippen molar-refractivity contribution in [1.82, 2.24) is 4.57 Å². The van der Waals surface area contributed by atoms with Crippen LogP contribution in [0, 0.1) is 12.8 Å². The fourth-order valence-corrected chi connectivity index (χ4v) is 8.27. The van der Waals surface area contributed by atoms with Gasteiger partial charge in [-0.1, -0.05) is 52.9 Å². The minimum Gasteiger partial charge on any atom is -0.508 e. The number of carbonyl (C=O) groups excluding carboxylic acids is 4. The van der Waals surface area contributed by atoms with Gasteiger partial charge in [-0.25, -0.2) is 9.69 Å².